The molecule has 0 N–H and O–H groups in total. The highest BCUT2D eigenvalue weighted by Gasteiger charge is 2.49. The Hall–Kier alpha value is -12.6. The highest BCUT2D eigenvalue weighted by molar-refractivity contribution is 6.45. The van der Waals surface area contributed by atoms with Gasteiger partial charge in [-0.25, -0.2) is 0 Å². The van der Waals surface area contributed by atoms with Gasteiger partial charge in [-0.15, -0.1) is 0 Å². The van der Waals surface area contributed by atoms with E-state index < -0.39 is 59.4 Å². The molecule has 0 aromatic heterocycles. The SMILES string of the molecule is CC(C)C(C(=O)N(Cc1ccccc1)Cc1ccccc1)N1C(=O)c2cc(Oc3ccc(CC4CO4)cc3)c3c4c(Oc5ccc(CC6CO6)cc5)cc5c6c(cc(Oc7ccc(CC8CO8)cc7)c(c7c(Oc8ccc(CC9CO9)cc8)cc(c2c37)C1=O)c64)C(=O)N(C(C(=O)N(Cc1ccccc1)Cc1ccccc1)C(C)C)C5=O. The molecule has 0 aliphatic carbocycles. The number of epoxide rings is 4. The monoisotopic (exact) mass is 1540 g/mol. The lowest BCUT2D eigenvalue weighted by atomic mass is 9.80. The maximum absolute atomic E-state index is 16.9. The molecule has 0 bridgehead atoms. The van der Waals surface area contributed by atoms with Crippen molar-refractivity contribution in [3.05, 3.63) is 309 Å². The smallest absolute Gasteiger partial charge is 0.262 e. The molecule has 18 heteroatoms. The molecule has 18 nitrogen and oxygen atoms in total. The fraction of sp³-hybridized carbons (Fsp3) is 0.245. The number of hydrogen-bond donors (Lipinski definition) is 0. The van der Waals surface area contributed by atoms with Crippen LogP contribution < -0.4 is 18.9 Å². The minimum absolute atomic E-state index is 0.0369. The summed E-state index contributed by atoms with van der Waals surface area (Å²) in [5.41, 5.74) is 7.55. The Morgan fingerprint density at radius 1 is 0.310 bits per heavy atom. The van der Waals surface area contributed by atoms with Gasteiger partial charge in [0.25, 0.3) is 23.6 Å². The maximum Gasteiger partial charge on any atom is 0.262 e. The van der Waals surface area contributed by atoms with Crippen LogP contribution >= 0.6 is 0 Å². The predicted octanol–water partition coefficient (Wildman–Crippen LogP) is 18.4. The second-order valence-electron chi connectivity index (χ2n) is 32.0. The third kappa shape index (κ3) is 14.7. The van der Waals surface area contributed by atoms with Crippen molar-refractivity contribution in [3.63, 3.8) is 0 Å². The first kappa shape index (κ1) is 73.6. The van der Waals surface area contributed by atoms with E-state index in [0.29, 0.717) is 107 Å². The molecule has 580 valence electrons. The van der Waals surface area contributed by atoms with Gasteiger partial charge in [0.05, 0.1) is 73.1 Å². The molecule has 13 aromatic carbocycles. The lowest BCUT2D eigenvalue weighted by molar-refractivity contribution is -0.138. The quantitative estimate of drug-likeness (QED) is 0.0178. The van der Waals surface area contributed by atoms with Crippen molar-refractivity contribution in [2.45, 2.75) is 116 Å². The molecule has 6 heterocycles. The van der Waals surface area contributed by atoms with Gasteiger partial charge >= 0.3 is 0 Å². The molecule has 19 rings (SSSR count). The topological polar surface area (TPSA) is 202 Å². The van der Waals surface area contributed by atoms with Gasteiger partial charge in [0, 0.05) is 95.0 Å². The van der Waals surface area contributed by atoms with E-state index in [1.807, 2.05) is 246 Å². The van der Waals surface area contributed by atoms with Gasteiger partial charge in [0.2, 0.25) is 11.8 Å². The predicted molar refractivity (Wildman–Crippen MR) is 440 cm³/mol. The van der Waals surface area contributed by atoms with Gasteiger partial charge in [-0.1, -0.05) is 198 Å². The van der Waals surface area contributed by atoms with Gasteiger partial charge in [-0.05, 0) is 129 Å². The molecule has 0 spiro atoms. The summed E-state index contributed by atoms with van der Waals surface area (Å²) in [6.45, 7) is 10.6. The van der Waals surface area contributed by atoms with E-state index in [0.717, 1.165) is 54.3 Å². The molecule has 4 fully saturated rings. The molecule has 6 unspecified atom stereocenters. The summed E-state index contributed by atoms with van der Waals surface area (Å²) < 4.78 is 52.5. The average molecular weight is 1540 g/mol. The highest BCUT2D eigenvalue weighted by atomic mass is 16.6. The van der Waals surface area contributed by atoms with Crippen molar-refractivity contribution < 1.29 is 66.7 Å². The first-order valence-electron chi connectivity index (χ1n) is 40.0. The normalized spacial score (nSPS) is 17.7. The van der Waals surface area contributed by atoms with Crippen molar-refractivity contribution in [2.75, 3.05) is 26.4 Å². The third-order valence-electron chi connectivity index (χ3n) is 22.8. The van der Waals surface area contributed by atoms with Gasteiger partial charge in [0.15, 0.2) is 0 Å². The van der Waals surface area contributed by atoms with Crippen molar-refractivity contribution in [2.24, 2.45) is 11.8 Å². The molecule has 6 amide bonds. The molecule has 4 saturated heterocycles. The van der Waals surface area contributed by atoms with Crippen LogP contribution in [0.3, 0.4) is 0 Å². The second-order valence-corrected chi connectivity index (χ2v) is 32.0. The van der Waals surface area contributed by atoms with Crippen LogP contribution in [0.4, 0.5) is 0 Å². The molecule has 0 radical (unpaired) electrons. The van der Waals surface area contributed by atoms with E-state index in [1.165, 1.54) is 0 Å². The van der Waals surface area contributed by atoms with E-state index in [-0.39, 0.29) is 107 Å². The van der Waals surface area contributed by atoms with E-state index in [9.17, 15) is 0 Å². The zero-order chi connectivity index (χ0) is 79.0. The Kier molecular flexibility index (Phi) is 19.4. The number of amides is 6. The van der Waals surface area contributed by atoms with E-state index in [4.69, 9.17) is 37.9 Å². The Morgan fingerprint density at radius 2 is 0.526 bits per heavy atom. The third-order valence-corrected chi connectivity index (χ3v) is 22.8. The van der Waals surface area contributed by atoms with Crippen LogP contribution in [-0.2, 0) is 80.4 Å². The number of carbonyl (C=O) groups excluding carboxylic acids is 6. The lowest BCUT2D eigenvalue weighted by Gasteiger charge is -2.39. The lowest BCUT2D eigenvalue weighted by Crippen LogP contribution is -2.56. The van der Waals surface area contributed by atoms with Crippen LogP contribution in [0.15, 0.2) is 243 Å². The van der Waals surface area contributed by atoms with E-state index >= 15 is 28.8 Å². The molecular formula is C98H84N4O14. The molecule has 116 heavy (non-hydrogen) atoms. The number of benzene rings is 13. The largest absolute Gasteiger partial charge is 0.457 e. The van der Waals surface area contributed by atoms with Crippen LogP contribution in [0.25, 0.3) is 43.1 Å². The minimum atomic E-state index is -1.36. The number of ether oxygens (including phenoxy) is 8. The summed E-state index contributed by atoms with van der Waals surface area (Å²) in [6, 6.07) is 73.0. The first-order valence-corrected chi connectivity index (χ1v) is 40.0. The van der Waals surface area contributed by atoms with Crippen molar-refractivity contribution in [3.8, 4) is 46.0 Å². The van der Waals surface area contributed by atoms with Crippen molar-refractivity contribution in [1.29, 1.82) is 0 Å². The fourth-order valence-electron chi connectivity index (χ4n) is 16.8. The van der Waals surface area contributed by atoms with Crippen molar-refractivity contribution >= 4 is 78.5 Å². The van der Waals surface area contributed by atoms with E-state index in [1.54, 1.807) is 34.1 Å². The molecule has 0 saturated carbocycles. The van der Waals surface area contributed by atoms with Crippen LogP contribution in [0.1, 0.15) is 114 Å². The summed E-state index contributed by atoms with van der Waals surface area (Å²) >= 11 is 0. The Balaban J connectivity index is 0.892. The van der Waals surface area contributed by atoms with E-state index in [2.05, 4.69) is 0 Å². The van der Waals surface area contributed by atoms with Crippen LogP contribution in [-0.4, -0.2) is 118 Å². The van der Waals surface area contributed by atoms with Gasteiger partial charge in [0.1, 0.15) is 58.1 Å². The number of imide groups is 2. The summed E-state index contributed by atoms with van der Waals surface area (Å²) in [5, 5.41) is 2.27. The molecule has 6 aliphatic rings. The average Bonchev–Trinajstić information content (AvgIpc) is 1.55. The van der Waals surface area contributed by atoms with Crippen molar-refractivity contribution in [1.82, 2.24) is 19.6 Å². The summed E-state index contributed by atoms with van der Waals surface area (Å²) in [5.74, 6) is -3.29. The highest BCUT2D eigenvalue weighted by Crippen LogP contribution is 2.59. The number of fused-ring (bicyclic) bond motifs is 2. The van der Waals surface area contributed by atoms with Crippen LogP contribution in [0, 0.1) is 11.8 Å². The summed E-state index contributed by atoms with van der Waals surface area (Å²) in [4.78, 5) is 106. The fourth-order valence-corrected chi connectivity index (χ4v) is 16.8. The number of carbonyl (C=O) groups is 6. The Labute approximate surface area is 670 Å². The van der Waals surface area contributed by atoms with Gasteiger partial charge in [-0.2, -0.15) is 0 Å². The zero-order valence-electron chi connectivity index (χ0n) is 64.7. The first-order chi connectivity index (χ1) is 56.6. The number of rotatable bonds is 30. The molecule has 13 aromatic rings. The second kappa shape index (κ2) is 30.6. The molecular weight excluding hydrogens is 1460 g/mol. The zero-order valence-corrected chi connectivity index (χ0v) is 64.7. The molecule has 6 atom stereocenters. The maximum atomic E-state index is 16.9. The van der Waals surface area contributed by atoms with Crippen LogP contribution in [0.5, 0.6) is 46.0 Å². The Bertz CT molecular complexity index is 5270. The number of nitrogens with zero attached hydrogens (tertiary/aromatic N) is 4. The summed E-state index contributed by atoms with van der Waals surface area (Å²) in [6.07, 6.45) is 3.01. The Morgan fingerprint density at radius 3 is 0.724 bits per heavy atom. The number of hydrogen-bond acceptors (Lipinski definition) is 14. The van der Waals surface area contributed by atoms with Gasteiger partial charge in [-0.3, -0.25) is 38.6 Å². The minimum Gasteiger partial charge on any atom is -0.457 e. The summed E-state index contributed by atoms with van der Waals surface area (Å²) in [7, 11) is 0. The molecule has 6 aliphatic heterocycles. The van der Waals surface area contributed by atoms with Gasteiger partial charge < -0.3 is 47.7 Å². The van der Waals surface area contributed by atoms with Crippen LogP contribution in [0.2, 0.25) is 0 Å². The standard InChI is InChI=1S/C98H84N4O14/c1-57(2)91(97(107)99(49-63-17-9-5-10-18-63)50-64-19-11-6-12-20-64)101-93(103)75-45-79(113-67-33-25-59(26-34-67)41-71-53-109-71)85-87-81(115-69-37-29-61(30-38-69)43-73-55-111-73)47-77-84-78(96(106)102(95(77)105)92(58(3)4)98(108)100(51-65-21-13-7-14-22-65)52-66-23-15-8-16-24-66)48-82(116-70-39-31-62(32-40-70)44-74-56-112-74)88(90(84)87)86-80(46-76(94(101)104)83(75)89(85)86)114-68-35-27-60(28-36-68)42-72-54-110-72/h5-40,45-48,57-58,71-74,91-92H,41-44,49-56H2,1-4H3.